The molecule has 4 rings (SSSR count). The maximum absolute atomic E-state index is 12.9. The van der Waals surface area contributed by atoms with Gasteiger partial charge in [-0.3, -0.25) is 9.69 Å². The Balaban J connectivity index is 1.88. The lowest BCUT2D eigenvalue weighted by Crippen LogP contribution is -2.46. The van der Waals surface area contributed by atoms with Gasteiger partial charge in [0.1, 0.15) is 11.5 Å². The molecule has 1 aliphatic heterocycles. The van der Waals surface area contributed by atoms with Gasteiger partial charge in [0.15, 0.2) is 0 Å². The minimum atomic E-state index is 0.0173. The standard InChI is InChI=1S/C17H15N3O/c1-12-11-19-14-7-3-2-6-13(14)10-15(19)17(21)20(12)16-8-4-5-9-18-16/h2-10,12H,11H2,1H3. The first-order valence-electron chi connectivity index (χ1n) is 7.08. The number of hydrogen-bond acceptors (Lipinski definition) is 2. The zero-order valence-corrected chi connectivity index (χ0v) is 11.7. The van der Waals surface area contributed by atoms with Gasteiger partial charge in [0.05, 0.1) is 6.04 Å². The van der Waals surface area contributed by atoms with Gasteiger partial charge >= 0.3 is 0 Å². The summed E-state index contributed by atoms with van der Waals surface area (Å²) in [4.78, 5) is 19.0. The van der Waals surface area contributed by atoms with E-state index in [0.717, 1.165) is 23.1 Å². The fourth-order valence-corrected chi connectivity index (χ4v) is 3.08. The number of para-hydroxylation sites is 1. The molecule has 1 amide bonds. The van der Waals surface area contributed by atoms with Gasteiger partial charge in [-0.2, -0.15) is 0 Å². The van der Waals surface area contributed by atoms with Crippen LogP contribution in [-0.2, 0) is 6.54 Å². The van der Waals surface area contributed by atoms with Crippen LogP contribution in [0.1, 0.15) is 17.4 Å². The maximum Gasteiger partial charge on any atom is 0.276 e. The number of carbonyl (C=O) groups is 1. The number of rotatable bonds is 1. The third kappa shape index (κ3) is 1.76. The van der Waals surface area contributed by atoms with E-state index in [1.807, 2.05) is 42.5 Å². The summed E-state index contributed by atoms with van der Waals surface area (Å²) in [6, 6.07) is 15.8. The van der Waals surface area contributed by atoms with E-state index in [9.17, 15) is 4.79 Å². The van der Waals surface area contributed by atoms with E-state index in [4.69, 9.17) is 0 Å². The van der Waals surface area contributed by atoms with Crippen molar-refractivity contribution >= 4 is 22.6 Å². The number of carbonyl (C=O) groups excluding carboxylic acids is 1. The van der Waals surface area contributed by atoms with Crippen LogP contribution in [-0.4, -0.2) is 21.5 Å². The smallest absolute Gasteiger partial charge is 0.276 e. The number of amides is 1. The van der Waals surface area contributed by atoms with Crippen LogP contribution in [0.3, 0.4) is 0 Å². The maximum atomic E-state index is 12.9. The predicted molar refractivity (Wildman–Crippen MR) is 82.4 cm³/mol. The fourth-order valence-electron chi connectivity index (χ4n) is 3.08. The van der Waals surface area contributed by atoms with Crippen molar-refractivity contribution in [1.29, 1.82) is 0 Å². The van der Waals surface area contributed by atoms with Gasteiger partial charge in [0, 0.05) is 23.6 Å². The Labute approximate surface area is 122 Å². The largest absolute Gasteiger partial charge is 0.334 e. The van der Waals surface area contributed by atoms with Crippen LogP contribution in [0, 0.1) is 0 Å². The van der Waals surface area contributed by atoms with Crippen molar-refractivity contribution in [2.75, 3.05) is 4.90 Å². The van der Waals surface area contributed by atoms with Crippen LogP contribution in [0.2, 0.25) is 0 Å². The number of fused-ring (bicyclic) bond motifs is 3. The molecule has 0 N–H and O–H groups in total. The number of benzene rings is 1. The van der Waals surface area contributed by atoms with E-state index in [2.05, 4.69) is 22.5 Å². The highest BCUT2D eigenvalue weighted by atomic mass is 16.2. The second-order valence-electron chi connectivity index (χ2n) is 5.41. The average molecular weight is 277 g/mol. The molecule has 2 aromatic heterocycles. The summed E-state index contributed by atoms with van der Waals surface area (Å²) in [5.74, 6) is 0.732. The summed E-state index contributed by atoms with van der Waals surface area (Å²) in [6.45, 7) is 2.84. The van der Waals surface area contributed by atoms with Gasteiger partial charge < -0.3 is 4.57 Å². The Kier molecular flexibility index (Phi) is 2.57. The van der Waals surface area contributed by atoms with Crippen molar-refractivity contribution in [3.8, 4) is 0 Å². The zero-order chi connectivity index (χ0) is 14.4. The van der Waals surface area contributed by atoms with Gasteiger partial charge in [-0.1, -0.05) is 24.3 Å². The van der Waals surface area contributed by atoms with Gasteiger partial charge in [0.2, 0.25) is 0 Å². The molecule has 0 saturated carbocycles. The number of anilines is 1. The topological polar surface area (TPSA) is 38.1 Å². The summed E-state index contributed by atoms with van der Waals surface area (Å²) in [5, 5.41) is 1.11. The van der Waals surface area contributed by atoms with Crippen LogP contribution < -0.4 is 4.90 Å². The Morgan fingerprint density at radius 3 is 2.76 bits per heavy atom. The molecule has 0 bridgehead atoms. The zero-order valence-electron chi connectivity index (χ0n) is 11.7. The Hall–Kier alpha value is -2.62. The molecule has 104 valence electrons. The van der Waals surface area contributed by atoms with Gasteiger partial charge in [-0.15, -0.1) is 0 Å². The van der Waals surface area contributed by atoms with Crippen LogP contribution in [0.15, 0.2) is 54.7 Å². The lowest BCUT2D eigenvalue weighted by atomic mass is 10.2. The van der Waals surface area contributed by atoms with E-state index in [-0.39, 0.29) is 11.9 Å². The highest BCUT2D eigenvalue weighted by molar-refractivity contribution is 6.08. The van der Waals surface area contributed by atoms with E-state index in [1.54, 1.807) is 11.1 Å². The molecule has 1 aliphatic rings. The van der Waals surface area contributed by atoms with Gasteiger partial charge in [0.25, 0.3) is 5.91 Å². The second kappa shape index (κ2) is 4.45. The molecule has 3 aromatic rings. The fraction of sp³-hybridized carbons (Fsp3) is 0.176. The van der Waals surface area contributed by atoms with Crippen molar-refractivity contribution in [2.24, 2.45) is 0 Å². The highest BCUT2D eigenvalue weighted by Gasteiger charge is 2.32. The van der Waals surface area contributed by atoms with Crippen LogP contribution >= 0.6 is 0 Å². The normalized spacial score (nSPS) is 18.0. The van der Waals surface area contributed by atoms with Crippen molar-refractivity contribution in [1.82, 2.24) is 9.55 Å². The van der Waals surface area contributed by atoms with Crippen LogP contribution in [0.25, 0.3) is 10.9 Å². The number of aromatic nitrogens is 2. The molecule has 0 aliphatic carbocycles. The first-order valence-corrected chi connectivity index (χ1v) is 7.08. The quantitative estimate of drug-likeness (QED) is 0.685. The monoisotopic (exact) mass is 277 g/mol. The predicted octanol–water partition coefficient (Wildman–Crippen LogP) is 3.09. The molecule has 4 nitrogen and oxygen atoms in total. The van der Waals surface area contributed by atoms with Gasteiger partial charge in [-0.05, 0) is 31.2 Å². The van der Waals surface area contributed by atoms with Crippen molar-refractivity contribution in [2.45, 2.75) is 19.5 Å². The Morgan fingerprint density at radius 1 is 1.14 bits per heavy atom. The summed E-state index contributed by atoms with van der Waals surface area (Å²) < 4.78 is 2.11. The molecule has 0 radical (unpaired) electrons. The summed E-state index contributed by atoms with van der Waals surface area (Å²) in [5.41, 5.74) is 1.85. The number of hydrogen-bond donors (Lipinski definition) is 0. The molecule has 1 atom stereocenters. The molecule has 0 spiro atoms. The molecule has 21 heavy (non-hydrogen) atoms. The van der Waals surface area contributed by atoms with E-state index >= 15 is 0 Å². The molecule has 4 heteroatoms. The SMILES string of the molecule is CC1Cn2c(cc3ccccc32)C(=O)N1c1ccccn1. The first-order chi connectivity index (χ1) is 10.3. The summed E-state index contributed by atoms with van der Waals surface area (Å²) in [7, 11) is 0. The minimum absolute atomic E-state index is 0.0173. The van der Waals surface area contributed by atoms with Gasteiger partial charge in [-0.25, -0.2) is 4.98 Å². The Morgan fingerprint density at radius 2 is 1.95 bits per heavy atom. The summed E-state index contributed by atoms with van der Waals surface area (Å²) >= 11 is 0. The lowest BCUT2D eigenvalue weighted by Gasteiger charge is -2.33. The van der Waals surface area contributed by atoms with Crippen LogP contribution in [0.4, 0.5) is 5.82 Å². The second-order valence-corrected chi connectivity index (χ2v) is 5.41. The van der Waals surface area contributed by atoms with Crippen molar-refractivity contribution in [3.05, 3.63) is 60.4 Å². The molecular formula is C17H15N3O. The minimum Gasteiger partial charge on any atom is -0.334 e. The molecule has 1 unspecified atom stereocenters. The lowest BCUT2D eigenvalue weighted by molar-refractivity contribution is 0.0951. The number of nitrogens with zero attached hydrogens (tertiary/aromatic N) is 3. The third-order valence-electron chi connectivity index (χ3n) is 4.03. The molecule has 3 heterocycles. The summed E-state index contributed by atoms with van der Waals surface area (Å²) in [6.07, 6.45) is 1.72. The number of pyridine rings is 1. The van der Waals surface area contributed by atoms with E-state index in [0.29, 0.717) is 5.82 Å². The molecular weight excluding hydrogens is 262 g/mol. The van der Waals surface area contributed by atoms with Crippen LogP contribution in [0.5, 0.6) is 0 Å². The first kappa shape index (κ1) is 12.1. The van der Waals surface area contributed by atoms with Crippen molar-refractivity contribution in [3.63, 3.8) is 0 Å². The average Bonchev–Trinajstić information content (AvgIpc) is 2.88. The highest BCUT2D eigenvalue weighted by Crippen LogP contribution is 2.28. The van der Waals surface area contributed by atoms with E-state index in [1.165, 1.54) is 0 Å². The van der Waals surface area contributed by atoms with E-state index < -0.39 is 0 Å². The third-order valence-corrected chi connectivity index (χ3v) is 4.03. The molecule has 0 fully saturated rings. The molecule has 0 saturated heterocycles. The molecule has 1 aromatic carbocycles. The van der Waals surface area contributed by atoms with Crippen molar-refractivity contribution < 1.29 is 4.79 Å². The Bertz CT molecular complexity index is 822.